The normalized spacial score (nSPS) is 19.8. The predicted octanol–water partition coefficient (Wildman–Crippen LogP) is 5.30. The van der Waals surface area contributed by atoms with Crippen LogP contribution in [0.2, 0.25) is 0 Å². The lowest BCUT2D eigenvalue weighted by molar-refractivity contribution is -0.148. The number of benzene rings is 1. The largest absolute Gasteiger partial charge is 0.444 e. The molecule has 16 nitrogen and oxygen atoms in total. The molecule has 378 valence electrons. The van der Waals surface area contributed by atoms with E-state index < -0.39 is 60.0 Å². The van der Waals surface area contributed by atoms with Crippen LogP contribution in [0, 0.1) is 29.6 Å². The number of nitrogens with zero attached hydrogens (tertiary/aromatic N) is 3. The van der Waals surface area contributed by atoms with Crippen LogP contribution in [0.15, 0.2) is 42.1 Å². The summed E-state index contributed by atoms with van der Waals surface area (Å²) >= 11 is 0. The molecule has 1 saturated heterocycles. The lowest BCUT2D eigenvalue weighted by Crippen LogP contribution is -2.59. The Hall–Kier alpha value is -4.54. The van der Waals surface area contributed by atoms with E-state index in [1.165, 1.54) is 0 Å². The van der Waals surface area contributed by atoms with Gasteiger partial charge in [0.05, 0.1) is 42.7 Å². The van der Waals surface area contributed by atoms with Crippen LogP contribution in [0.3, 0.4) is 0 Å². The average Bonchev–Trinajstić information content (AvgIpc) is 3.73. The molecule has 1 aromatic rings. The first-order valence-electron chi connectivity index (χ1n) is 24.3. The molecule has 0 bridgehead atoms. The van der Waals surface area contributed by atoms with Gasteiger partial charge in [-0.2, -0.15) is 0 Å². The molecule has 0 saturated carbocycles. The van der Waals surface area contributed by atoms with Gasteiger partial charge in [-0.3, -0.25) is 34.2 Å². The fraction of sp³-hybridized carbons (Fsp3) is 0.725. The molecule has 1 aliphatic carbocycles. The van der Waals surface area contributed by atoms with Crippen molar-refractivity contribution in [3.63, 3.8) is 0 Å². The minimum atomic E-state index is -0.786. The molecule has 16 heteroatoms. The molecule has 2 aliphatic rings. The second kappa shape index (κ2) is 26.3. The molecule has 0 radical (unpaired) electrons. The highest BCUT2D eigenvalue weighted by Crippen LogP contribution is 2.30. The molecule has 0 aromatic heterocycles. The molecule has 10 atom stereocenters. The van der Waals surface area contributed by atoms with Crippen LogP contribution < -0.4 is 21.3 Å². The van der Waals surface area contributed by atoms with Gasteiger partial charge in [0.2, 0.25) is 29.5 Å². The molecule has 0 unspecified atom stereocenters. The van der Waals surface area contributed by atoms with Crippen molar-refractivity contribution >= 4 is 35.6 Å². The standard InChI is InChI=1S/C51H85N7O9/c1-16-33(6)45(57(13)49(63)43(31(2)3)55-48(62)44(32(4)5)56(11)12)40(65-14)29-42(60)58-26-20-23-39(58)46(66-15)34(7)47(61)53-37(27-35-21-18-17-19-22-35)28-41(59)52-30-36-24-25-38(36)54-50(64)67-51(8,9)10/h17-19,21-22,25,31-34,36-37,39-40,43-46H,16,20,23-24,26-30H2,1-15H3,(H,52,59)(H,53,61)(H,54,64)(H,55,62)/t33-,34+,36-,37+,39-,40+,43-,44-,45-,46+/m0/s1. The summed E-state index contributed by atoms with van der Waals surface area (Å²) in [5.74, 6) is -2.14. The summed E-state index contributed by atoms with van der Waals surface area (Å²) in [6, 6.07) is 7.02. The van der Waals surface area contributed by atoms with Crippen LogP contribution in [-0.4, -0.2) is 147 Å². The van der Waals surface area contributed by atoms with E-state index in [0.717, 1.165) is 18.4 Å². The highest BCUT2D eigenvalue weighted by atomic mass is 16.6. The van der Waals surface area contributed by atoms with Gasteiger partial charge >= 0.3 is 6.09 Å². The Labute approximate surface area is 401 Å². The Morgan fingerprint density at radius 3 is 2.04 bits per heavy atom. The van der Waals surface area contributed by atoms with E-state index in [1.54, 1.807) is 58.8 Å². The smallest absolute Gasteiger partial charge is 0.411 e. The lowest BCUT2D eigenvalue weighted by atomic mass is 9.89. The fourth-order valence-electron chi connectivity index (χ4n) is 9.52. The van der Waals surface area contributed by atoms with Crippen molar-refractivity contribution < 1.29 is 43.0 Å². The number of rotatable bonds is 25. The van der Waals surface area contributed by atoms with Crippen LogP contribution in [0.1, 0.15) is 113 Å². The van der Waals surface area contributed by atoms with E-state index in [2.05, 4.69) is 21.3 Å². The van der Waals surface area contributed by atoms with Gasteiger partial charge in [-0.25, -0.2) is 4.79 Å². The van der Waals surface area contributed by atoms with Gasteiger partial charge in [-0.1, -0.05) is 91.3 Å². The fourth-order valence-corrected chi connectivity index (χ4v) is 9.52. The summed E-state index contributed by atoms with van der Waals surface area (Å²) in [6.45, 7) is 19.8. The maximum Gasteiger partial charge on any atom is 0.411 e. The van der Waals surface area contributed by atoms with Crippen molar-refractivity contribution in [2.24, 2.45) is 29.6 Å². The number of nitrogens with one attached hydrogen (secondary N) is 4. The van der Waals surface area contributed by atoms with Gasteiger partial charge in [-0.15, -0.1) is 0 Å². The van der Waals surface area contributed by atoms with Crippen LogP contribution in [-0.2, 0) is 44.6 Å². The summed E-state index contributed by atoms with van der Waals surface area (Å²) in [5.41, 5.74) is 1.03. The third kappa shape index (κ3) is 16.6. The van der Waals surface area contributed by atoms with Crippen molar-refractivity contribution in [2.45, 2.75) is 162 Å². The molecule has 6 amide bonds. The number of allylic oxidation sites excluding steroid dienone is 1. The van der Waals surface area contributed by atoms with E-state index in [0.29, 0.717) is 38.0 Å². The quantitative estimate of drug-likeness (QED) is 0.100. The molecular weight excluding hydrogens is 855 g/mol. The van der Waals surface area contributed by atoms with Crippen molar-refractivity contribution in [3.8, 4) is 0 Å². The van der Waals surface area contributed by atoms with Gasteiger partial charge in [0, 0.05) is 58.4 Å². The first-order chi connectivity index (χ1) is 31.4. The van der Waals surface area contributed by atoms with E-state index in [-0.39, 0.29) is 66.0 Å². The summed E-state index contributed by atoms with van der Waals surface area (Å²) in [6.07, 6.45) is 3.24. The van der Waals surface area contributed by atoms with Crippen molar-refractivity contribution in [3.05, 3.63) is 47.7 Å². The number of likely N-dealkylation sites (tertiary alicyclic amines) is 1. The topological polar surface area (TPSA) is 188 Å². The minimum Gasteiger partial charge on any atom is -0.444 e. The van der Waals surface area contributed by atoms with Crippen LogP contribution in [0.4, 0.5) is 4.79 Å². The number of alkyl carbamates (subject to hydrolysis) is 1. The molecule has 1 aromatic carbocycles. The Morgan fingerprint density at radius 2 is 1.52 bits per heavy atom. The van der Waals surface area contributed by atoms with Crippen LogP contribution in [0.5, 0.6) is 0 Å². The van der Waals surface area contributed by atoms with Gasteiger partial charge in [0.15, 0.2) is 0 Å². The monoisotopic (exact) mass is 940 g/mol. The first-order valence-corrected chi connectivity index (χ1v) is 24.3. The lowest BCUT2D eigenvalue weighted by Gasteiger charge is -2.41. The number of amides is 6. The number of likely N-dealkylation sites (N-methyl/N-ethyl adjacent to an activating group) is 2. The molecule has 1 fully saturated rings. The molecule has 1 aliphatic heterocycles. The molecule has 0 spiro atoms. The minimum absolute atomic E-state index is 0.00509. The molecule has 4 N–H and O–H groups in total. The molecular formula is C51H85N7O9. The number of ether oxygens (including phenoxy) is 3. The number of carbonyl (C=O) groups excluding carboxylic acids is 6. The van der Waals surface area contributed by atoms with Crippen LogP contribution in [0.25, 0.3) is 0 Å². The summed E-state index contributed by atoms with van der Waals surface area (Å²) in [4.78, 5) is 87.6. The number of methoxy groups -OCH3 is 2. The zero-order chi connectivity index (χ0) is 50.3. The highest BCUT2D eigenvalue weighted by Gasteiger charge is 2.43. The molecule has 3 rings (SSSR count). The summed E-state index contributed by atoms with van der Waals surface area (Å²) in [5, 5.41) is 12.0. The third-order valence-electron chi connectivity index (χ3n) is 13.3. The number of hydrogen-bond acceptors (Lipinski definition) is 10. The summed E-state index contributed by atoms with van der Waals surface area (Å²) < 4.78 is 17.5. The van der Waals surface area contributed by atoms with Gasteiger partial charge in [0.25, 0.3) is 0 Å². The van der Waals surface area contributed by atoms with Crippen molar-refractivity contribution in [1.29, 1.82) is 0 Å². The SMILES string of the molecule is CC[C@H](C)[C@@H]([C@@H](CC(=O)N1CCC[C@H]1[C@H](OC)[C@@H](C)C(=O)N[C@@H](CC(=O)NC[C@@H]1CC=C1NC(=O)OC(C)(C)C)Cc1ccccc1)OC)N(C)C(=O)[C@@H](NC(=O)[C@H](C(C)C)N(C)C)C(C)C. The van der Waals surface area contributed by atoms with Crippen molar-refractivity contribution in [2.75, 3.05) is 48.5 Å². The van der Waals surface area contributed by atoms with Gasteiger partial charge in [-0.05, 0) is 83.9 Å². The Morgan fingerprint density at radius 1 is 0.866 bits per heavy atom. The zero-order valence-corrected chi connectivity index (χ0v) is 43.3. The van der Waals surface area contributed by atoms with E-state index in [9.17, 15) is 28.8 Å². The second-order valence-corrected chi connectivity index (χ2v) is 20.6. The molecule has 67 heavy (non-hydrogen) atoms. The highest BCUT2D eigenvalue weighted by molar-refractivity contribution is 5.90. The number of hydrogen-bond donors (Lipinski definition) is 4. The maximum atomic E-state index is 14.5. The first kappa shape index (κ1) is 56.8. The summed E-state index contributed by atoms with van der Waals surface area (Å²) in [7, 11) is 8.54. The van der Waals surface area contributed by atoms with Gasteiger partial charge < -0.3 is 40.0 Å². The zero-order valence-electron chi connectivity index (χ0n) is 43.3. The third-order valence-corrected chi connectivity index (χ3v) is 13.3. The van der Waals surface area contributed by atoms with Gasteiger partial charge in [0.1, 0.15) is 11.6 Å². The average molecular weight is 940 g/mol. The van der Waals surface area contributed by atoms with Crippen LogP contribution >= 0.6 is 0 Å². The van der Waals surface area contributed by atoms with E-state index >= 15 is 0 Å². The van der Waals surface area contributed by atoms with E-state index in [1.807, 2.05) is 96.9 Å². The predicted molar refractivity (Wildman–Crippen MR) is 260 cm³/mol. The Kier molecular flexibility index (Phi) is 22.3. The number of carbonyl (C=O) groups is 6. The molecule has 1 heterocycles. The van der Waals surface area contributed by atoms with Crippen molar-refractivity contribution in [1.82, 2.24) is 36.0 Å². The second-order valence-electron chi connectivity index (χ2n) is 20.6. The maximum absolute atomic E-state index is 14.5. The Bertz CT molecular complexity index is 1810. The van der Waals surface area contributed by atoms with E-state index in [4.69, 9.17) is 14.2 Å². The Balaban J connectivity index is 1.74.